The van der Waals surface area contributed by atoms with Gasteiger partial charge in [0.05, 0.1) is 17.4 Å². The van der Waals surface area contributed by atoms with E-state index in [1.807, 2.05) is 43.3 Å². The fraction of sp³-hybridized carbons (Fsp3) is 0.433. The second-order valence-corrected chi connectivity index (χ2v) is 10.6. The maximum Gasteiger partial charge on any atom is 0.397 e. The molecule has 1 aliphatic rings. The molecule has 2 heterocycles. The molecule has 0 saturated heterocycles. The van der Waals surface area contributed by atoms with Gasteiger partial charge < -0.3 is 24.2 Å². The van der Waals surface area contributed by atoms with Crippen LogP contribution in [0.2, 0.25) is 0 Å². The molecule has 1 N–H and O–H groups in total. The number of aromatic nitrogens is 1. The van der Waals surface area contributed by atoms with Gasteiger partial charge in [-0.2, -0.15) is 13.2 Å². The summed E-state index contributed by atoms with van der Waals surface area (Å²) in [5.41, 5.74) is 1.96. The molecule has 9 nitrogen and oxygen atoms in total. The molecule has 0 saturated carbocycles. The molecule has 12 heteroatoms. The lowest BCUT2D eigenvalue weighted by Gasteiger charge is -2.35. The van der Waals surface area contributed by atoms with Gasteiger partial charge in [-0.25, -0.2) is 0 Å². The van der Waals surface area contributed by atoms with Gasteiger partial charge >= 0.3 is 6.18 Å². The number of rotatable bonds is 6. The molecule has 226 valence electrons. The SMILES string of the molecule is CO[C@@H]1CN(C)C(=O)c2ccc(NC(=O)CC(F)(F)F)cc2OC[C@@H](C)N(Cc2cc(-c3ccccc3)on2)C[C@H]1C. The lowest BCUT2D eigenvalue weighted by atomic mass is 10.0. The number of carbonyl (C=O) groups excluding carboxylic acids is 2. The van der Waals surface area contributed by atoms with Crippen molar-refractivity contribution in [3.63, 3.8) is 0 Å². The molecule has 4 rings (SSSR count). The Kier molecular flexibility index (Phi) is 9.89. The molecular formula is C30H35F3N4O5. The molecular weight excluding hydrogens is 553 g/mol. The summed E-state index contributed by atoms with van der Waals surface area (Å²) in [6, 6.07) is 15.6. The first-order chi connectivity index (χ1) is 19.9. The van der Waals surface area contributed by atoms with E-state index in [0.29, 0.717) is 25.4 Å². The first kappa shape index (κ1) is 31.0. The number of alkyl halides is 3. The Balaban J connectivity index is 1.60. The monoisotopic (exact) mass is 588 g/mol. The predicted molar refractivity (Wildman–Crippen MR) is 150 cm³/mol. The number of anilines is 1. The van der Waals surface area contributed by atoms with E-state index in [-0.39, 0.29) is 47.6 Å². The van der Waals surface area contributed by atoms with E-state index in [1.165, 1.54) is 23.1 Å². The summed E-state index contributed by atoms with van der Waals surface area (Å²) in [4.78, 5) is 29.0. The highest BCUT2D eigenvalue weighted by Gasteiger charge is 2.32. The highest BCUT2D eigenvalue weighted by Crippen LogP contribution is 2.28. The number of fused-ring (bicyclic) bond motifs is 1. The number of carbonyl (C=O) groups is 2. The Labute approximate surface area is 242 Å². The van der Waals surface area contributed by atoms with Crippen molar-refractivity contribution >= 4 is 17.5 Å². The Morgan fingerprint density at radius 1 is 1.12 bits per heavy atom. The molecule has 0 fully saturated rings. The van der Waals surface area contributed by atoms with E-state index in [9.17, 15) is 22.8 Å². The average Bonchev–Trinajstić information content (AvgIpc) is 3.41. The molecule has 0 spiro atoms. The van der Waals surface area contributed by atoms with Crippen LogP contribution < -0.4 is 10.1 Å². The van der Waals surface area contributed by atoms with Gasteiger partial charge in [-0.1, -0.05) is 42.4 Å². The van der Waals surface area contributed by atoms with E-state index >= 15 is 0 Å². The van der Waals surface area contributed by atoms with Gasteiger partial charge in [-0.05, 0) is 25.0 Å². The standard InChI is InChI=1S/C30H35F3N4O5/c1-19-15-37(16-23-13-25(42-35-23)21-8-6-5-7-9-21)20(2)18-41-26-12-22(34-28(38)14-30(31,32)33)10-11-24(26)29(39)36(3)17-27(19)40-4/h5-13,19-20,27H,14-18H2,1-4H3,(H,34,38)/t19-,20-,27-/m1/s1. The number of methoxy groups -OCH3 is 1. The average molecular weight is 589 g/mol. The number of halogens is 3. The van der Waals surface area contributed by atoms with Crippen molar-refractivity contribution in [3.8, 4) is 17.1 Å². The minimum Gasteiger partial charge on any atom is -0.491 e. The van der Waals surface area contributed by atoms with Crippen LogP contribution >= 0.6 is 0 Å². The van der Waals surface area contributed by atoms with Crippen molar-refractivity contribution < 1.29 is 36.8 Å². The fourth-order valence-electron chi connectivity index (χ4n) is 4.87. The normalized spacial score (nSPS) is 20.7. The number of nitrogens with zero attached hydrogens (tertiary/aromatic N) is 3. The Morgan fingerprint density at radius 2 is 1.86 bits per heavy atom. The van der Waals surface area contributed by atoms with Crippen molar-refractivity contribution in [1.29, 1.82) is 0 Å². The summed E-state index contributed by atoms with van der Waals surface area (Å²) in [5, 5.41) is 6.51. The molecule has 0 unspecified atom stereocenters. The minimum absolute atomic E-state index is 0.0262. The van der Waals surface area contributed by atoms with Crippen LogP contribution in [-0.2, 0) is 16.1 Å². The summed E-state index contributed by atoms with van der Waals surface area (Å²) >= 11 is 0. The molecule has 42 heavy (non-hydrogen) atoms. The van der Waals surface area contributed by atoms with Gasteiger partial charge in [0.2, 0.25) is 5.91 Å². The number of nitrogens with one attached hydrogen (secondary N) is 1. The van der Waals surface area contributed by atoms with Crippen LogP contribution in [0.3, 0.4) is 0 Å². The maximum atomic E-state index is 13.4. The topological polar surface area (TPSA) is 97.1 Å². The quantitative estimate of drug-likeness (QED) is 0.421. The van der Waals surface area contributed by atoms with Crippen LogP contribution in [0.15, 0.2) is 59.1 Å². The maximum absolute atomic E-state index is 13.4. The van der Waals surface area contributed by atoms with Crippen LogP contribution in [0.4, 0.5) is 18.9 Å². The molecule has 3 aromatic rings. The van der Waals surface area contributed by atoms with Gasteiger partial charge in [-0.3, -0.25) is 14.5 Å². The van der Waals surface area contributed by atoms with Crippen LogP contribution in [0, 0.1) is 5.92 Å². The fourth-order valence-corrected chi connectivity index (χ4v) is 4.87. The number of ether oxygens (including phenoxy) is 2. The lowest BCUT2D eigenvalue weighted by Crippen LogP contribution is -2.46. The number of hydrogen-bond acceptors (Lipinski definition) is 7. The first-order valence-electron chi connectivity index (χ1n) is 13.6. The Morgan fingerprint density at radius 3 is 2.55 bits per heavy atom. The molecule has 2 aromatic carbocycles. The van der Waals surface area contributed by atoms with Crippen molar-refractivity contribution in [3.05, 3.63) is 65.9 Å². The molecule has 0 aliphatic carbocycles. The third-order valence-electron chi connectivity index (χ3n) is 7.20. The Bertz CT molecular complexity index is 1360. The second kappa shape index (κ2) is 13.4. The summed E-state index contributed by atoms with van der Waals surface area (Å²) in [6.07, 6.45) is -6.55. The zero-order valence-corrected chi connectivity index (χ0v) is 24.0. The zero-order chi connectivity index (χ0) is 30.4. The largest absolute Gasteiger partial charge is 0.491 e. The van der Waals surface area contributed by atoms with Gasteiger partial charge in [0.15, 0.2) is 5.76 Å². The van der Waals surface area contributed by atoms with Crippen LogP contribution in [0.1, 0.15) is 36.3 Å². The predicted octanol–water partition coefficient (Wildman–Crippen LogP) is 5.24. The molecule has 0 radical (unpaired) electrons. The van der Waals surface area contributed by atoms with Crippen molar-refractivity contribution in [2.24, 2.45) is 5.92 Å². The molecule has 1 aromatic heterocycles. The smallest absolute Gasteiger partial charge is 0.397 e. The highest BCUT2D eigenvalue weighted by molar-refractivity contribution is 5.98. The number of amides is 2. The lowest BCUT2D eigenvalue weighted by molar-refractivity contribution is -0.150. The van der Waals surface area contributed by atoms with Crippen molar-refractivity contribution in [2.75, 3.05) is 39.2 Å². The van der Waals surface area contributed by atoms with E-state index in [1.54, 1.807) is 14.2 Å². The molecule has 1 aliphatic heterocycles. The zero-order valence-electron chi connectivity index (χ0n) is 24.0. The first-order valence-corrected chi connectivity index (χ1v) is 13.6. The summed E-state index contributed by atoms with van der Waals surface area (Å²) in [6.45, 7) is 5.53. The summed E-state index contributed by atoms with van der Waals surface area (Å²) in [7, 11) is 3.26. The summed E-state index contributed by atoms with van der Waals surface area (Å²) < 4.78 is 55.5. The van der Waals surface area contributed by atoms with Crippen LogP contribution in [0.5, 0.6) is 5.75 Å². The van der Waals surface area contributed by atoms with Crippen LogP contribution in [0.25, 0.3) is 11.3 Å². The van der Waals surface area contributed by atoms with Gasteiger partial charge in [0.1, 0.15) is 18.8 Å². The third kappa shape index (κ3) is 8.10. The molecule has 3 atom stereocenters. The Hall–Kier alpha value is -3.90. The van der Waals surface area contributed by atoms with Gasteiger partial charge in [0.25, 0.3) is 5.91 Å². The number of hydrogen-bond donors (Lipinski definition) is 1. The van der Waals surface area contributed by atoms with E-state index < -0.39 is 18.5 Å². The third-order valence-corrected chi connectivity index (χ3v) is 7.20. The second-order valence-electron chi connectivity index (χ2n) is 10.6. The molecule has 0 bridgehead atoms. The molecule has 2 amide bonds. The summed E-state index contributed by atoms with van der Waals surface area (Å²) in [5.74, 6) is -0.718. The highest BCUT2D eigenvalue weighted by atomic mass is 19.4. The van der Waals surface area contributed by atoms with Gasteiger partial charge in [0, 0.05) is 63.2 Å². The minimum atomic E-state index is -4.64. The van der Waals surface area contributed by atoms with Crippen molar-refractivity contribution in [2.45, 2.75) is 45.1 Å². The van der Waals surface area contributed by atoms with E-state index in [2.05, 4.69) is 22.3 Å². The van der Waals surface area contributed by atoms with Crippen molar-refractivity contribution in [1.82, 2.24) is 15.0 Å². The van der Waals surface area contributed by atoms with E-state index in [0.717, 1.165) is 11.3 Å². The van der Waals surface area contributed by atoms with Gasteiger partial charge in [-0.15, -0.1) is 0 Å². The van der Waals surface area contributed by atoms with Crippen LogP contribution in [-0.4, -0.2) is 78.9 Å². The van der Waals surface area contributed by atoms with E-state index in [4.69, 9.17) is 14.0 Å². The number of likely N-dealkylation sites (N-methyl/N-ethyl adjacent to an activating group) is 1. The number of benzene rings is 2.